The van der Waals surface area contributed by atoms with Gasteiger partial charge in [-0.1, -0.05) is 36.7 Å². The third-order valence-corrected chi connectivity index (χ3v) is 5.59. The highest BCUT2D eigenvalue weighted by Crippen LogP contribution is 2.19. The molecule has 0 aliphatic carbocycles. The van der Waals surface area contributed by atoms with Crippen LogP contribution in [-0.2, 0) is 11.3 Å². The van der Waals surface area contributed by atoms with Crippen LogP contribution in [0.2, 0.25) is 5.02 Å². The molecule has 32 heavy (non-hydrogen) atoms. The summed E-state index contributed by atoms with van der Waals surface area (Å²) in [6.07, 6.45) is 3.61. The van der Waals surface area contributed by atoms with Crippen LogP contribution >= 0.6 is 11.6 Å². The molecule has 0 radical (unpaired) electrons. The number of amides is 1. The van der Waals surface area contributed by atoms with E-state index in [1.165, 1.54) is 17.1 Å². The Kier molecular flexibility index (Phi) is 6.10. The van der Waals surface area contributed by atoms with Gasteiger partial charge in [-0.3, -0.25) is 14.2 Å². The smallest absolute Gasteiger partial charge is 0.264 e. The van der Waals surface area contributed by atoms with Gasteiger partial charge in [-0.15, -0.1) is 0 Å². The first kappa shape index (κ1) is 21.8. The second kappa shape index (κ2) is 8.96. The minimum atomic E-state index is -0.305. The lowest BCUT2D eigenvalue weighted by Crippen LogP contribution is -2.34. The van der Waals surface area contributed by atoms with E-state index in [0.717, 1.165) is 22.4 Å². The van der Waals surface area contributed by atoms with Crippen molar-refractivity contribution < 1.29 is 4.79 Å². The van der Waals surface area contributed by atoms with Gasteiger partial charge >= 0.3 is 0 Å². The van der Waals surface area contributed by atoms with Gasteiger partial charge in [-0.2, -0.15) is 5.10 Å². The van der Waals surface area contributed by atoms with E-state index in [0.29, 0.717) is 22.5 Å². The number of hydrogen-bond donors (Lipinski definition) is 1. The topological polar surface area (TPSA) is 81.8 Å². The molecule has 0 saturated heterocycles. The molecule has 1 unspecified atom stereocenters. The molecule has 4 aromatic rings. The zero-order valence-electron chi connectivity index (χ0n) is 18.2. The van der Waals surface area contributed by atoms with Crippen LogP contribution in [0.25, 0.3) is 16.7 Å². The Labute approximate surface area is 190 Å². The molecular weight excluding hydrogens is 426 g/mol. The van der Waals surface area contributed by atoms with Crippen LogP contribution in [0.15, 0.2) is 59.8 Å². The molecule has 1 N–H and O–H groups in total. The van der Waals surface area contributed by atoms with Gasteiger partial charge in [0.15, 0.2) is 5.65 Å². The lowest BCUT2D eigenvalue weighted by atomic mass is 10.0. The molecule has 0 fully saturated rings. The van der Waals surface area contributed by atoms with E-state index in [2.05, 4.69) is 21.5 Å². The Morgan fingerprint density at radius 2 is 1.81 bits per heavy atom. The number of aryl methyl sites for hydroxylation is 2. The van der Waals surface area contributed by atoms with Crippen LogP contribution in [0, 0.1) is 13.8 Å². The molecule has 2 aromatic carbocycles. The van der Waals surface area contributed by atoms with Crippen molar-refractivity contribution in [2.45, 2.75) is 39.8 Å². The van der Waals surface area contributed by atoms with E-state index in [-0.39, 0.29) is 24.1 Å². The molecule has 4 rings (SSSR count). The number of nitrogens with one attached hydrogen (secondary N) is 1. The summed E-state index contributed by atoms with van der Waals surface area (Å²) in [5, 5.41) is 8.35. The van der Waals surface area contributed by atoms with Gasteiger partial charge in [-0.25, -0.2) is 9.67 Å². The summed E-state index contributed by atoms with van der Waals surface area (Å²) in [4.78, 5) is 30.1. The molecular formula is C24H24ClN5O2. The van der Waals surface area contributed by atoms with Gasteiger partial charge < -0.3 is 5.32 Å². The van der Waals surface area contributed by atoms with Crippen molar-refractivity contribution in [1.82, 2.24) is 24.6 Å². The van der Waals surface area contributed by atoms with Gasteiger partial charge in [0.2, 0.25) is 5.91 Å². The Morgan fingerprint density at radius 3 is 2.47 bits per heavy atom. The van der Waals surface area contributed by atoms with Crippen LogP contribution in [0.4, 0.5) is 0 Å². The minimum absolute atomic E-state index is 0.124. The Bertz CT molecular complexity index is 1320. The van der Waals surface area contributed by atoms with Crippen molar-refractivity contribution >= 4 is 28.5 Å². The summed E-state index contributed by atoms with van der Waals surface area (Å²) >= 11 is 5.95. The van der Waals surface area contributed by atoms with Crippen LogP contribution in [0.5, 0.6) is 0 Å². The van der Waals surface area contributed by atoms with E-state index >= 15 is 0 Å². The van der Waals surface area contributed by atoms with E-state index in [1.54, 1.807) is 16.8 Å². The van der Waals surface area contributed by atoms with Crippen molar-refractivity contribution in [2.75, 3.05) is 0 Å². The van der Waals surface area contributed by atoms with Gasteiger partial charge in [0.25, 0.3) is 5.56 Å². The molecule has 0 saturated carbocycles. The molecule has 164 valence electrons. The molecule has 0 spiro atoms. The number of nitrogens with zero attached hydrogens (tertiary/aromatic N) is 4. The Morgan fingerprint density at radius 1 is 1.12 bits per heavy atom. The van der Waals surface area contributed by atoms with E-state index in [1.807, 2.05) is 45.0 Å². The van der Waals surface area contributed by atoms with Crippen LogP contribution in [0.3, 0.4) is 0 Å². The quantitative estimate of drug-likeness (QED) is 0.480. The van der Waals surface area contributed by atoms with Crippen molar-refractivity contribution in [1.29, 1.82) is 0 Å². The highest BCUT2D eigenvalue weighted by molar-refractivity contribution is 6.30. The number of carbonyl (C=O) groups excluding carboxylic acids is 1. The number of halogens is 1. The van der Waals surface area contributed by atoms with Gasteiger partial charge in [-0.05, 0) is 61.2 Å². The fourth-order valence-corrected chi connectivity index (χ4v) is 3.96. The fraction of sp³-hybridized carbons (Fsp3) is 0.250. The normalized spacial score (nSPS) is 12.1. The maximum atomic E-state index is 13.0. The average Bonchev–Trinajstić information content (AvgIpc) is 3.19. The van der Waals surface area contributed by atoms with Gasteiger partial charge in [0.1, 0.15) is 18.3 Å². The number of carbonyl (C=O) groups is 1. The van der Waals surface area contributed by atoms with E-state index in [4.69, 9.17) is 11.6 Å². The molecule has 0 aliphatic heterocycles. The fourth-order valence-electron chi connectivity index (χ4n) is 3.83. The summed E-state index contributed by atoms with van der Waals surface area (Å²) < 4.78 is 2.95. The lowest BCUT2D eigenvalue weighted by Gasteiger charge is -2.18. The number of aromatic nitrogens is 4. The molecule has 0 bridgehead atoms. The minimum Gasteiger partial charge on any atom is -0.348 e. The number of hydrogen-bond acceptors (Lipinski definition) is 4. The van der Waals surface area contributed by atoms with Crippen molar-refractivity contribution in [3.8, 4) is 5.69 Å². The standard InChI is InChI=1S/C24H24ClN5O2/c1-4-21(17-5-7-18(25)8-6-17)28-22(31)13-29-14-26-23-20(24(29)32)12-27-30(23)19-10-15(2)9-16(3)11-19/h5-12,14,21H,4,13H2,1-3H3,(H,28,31). The van der Waals surface area contributed by atoms with E-state index in [9.17, 15) is 9.59 Å². The summed E-state index contributed by atoms with van der Waals surface area (Å²) in [7, 11) is 0. The van der Waals surface area contributed by atoms with Crippen LogP contribution < -0.4 is 10.9 Å². The van der Waals surface area contributed by atoms with Crippen molar-refractivity contribution in [3.63, 3.8) is 0 Å². The summed E-state index contributed by atoms with van der Waals surface area (Å²) in [5.74, 6) is -0.267. The maximum absolute atomic E-state index is 13.0. The predicted molar refractivity (Wildman–Crippen MR) is 125 cm³/mol. The first-order chi connectivity index (χ1) is 15.4. The van der Waals surface area contributed by atoms with Crippen LogP contribution in [-0.4, -0.2) is 25.2 Å². The molecule has 1 atom stereocenters. The lowest BCUT2D eigenvalue weighted by molar-refractivity contribution is -0.122. The molecule has 1 amide bonds. The molecule has 7 nitrogen and oxygen atoms in total. The van der Waals surface area contributed by atoms with Crippen LogP contribution in [0.1, 0.15) is 36.1 Å². The summed E-state index contributed by atoms with van der Waals surface area (Å²) in [6, 6.07) is 13.2. The molecule has 8 heteroatoms. The third-order valence-electron chi connectivity index (χ3n) is 5.34. The largest absolute Gasteiger partial charge is 0.348 e. The second-order valence-corrected chi connectivity index (χ2v) is 8.33. The first-order valence-corrected chi connectivity index (χ1v) is 10.8. The number of benzene rings is 2. The van der Waals surface area contributed by atoms with Gasteiger partial charge in [0, 0.05) is 5.02 Å². The highest BCUT2D eigenvalue weighted by Gasteiger charge is 2.16. The first-order valence-electron chi connectivity index (χ1n) is 10.4. The SMILES string of the molecule is CCC(NC(=O)Cn1cnc2c(cnn2-c2cc(C)cc(C)c2)c1=O)c1ccc(Cl)cc1. The number of fused-ring (bicyclic) bond motifs is 1. The summed E-state index contributed by atoms with van der Waals surface area (Å²) in [5.41, 5.74) is 4.15. The average molecular weight is 450 g/mol. The predicted octanol–water partition coefficient (Wildman–Crippen LogP) is 4.12. The van der Waals surface area contributed by atoms with E-state index < -0.39 is 0 Å². The zero-order chi connectivity index (χ0) is 22.8. The number of rotatable bonds is 6. The molecule has 2 aromatic heterocycles. The van der Waals surface area contributed by atoms with Crippen molar-refractivity contribution in [3.05, 3.63) is 87.1 Å². The monoisotopic (exact) mass is 449 g/mol. The second-order valence-electron chi connectivity index (χ2n) is 7.90. The highest BCUT2D eigenvalue weighted by atomic mass is 35.5. The Balaban J connectivity index is 1.57. The zero-order valence-corrected chi connectivity index (χ0v) is 18.9. The third kappa shape index (κ3) is 4.43. The molecule has 2 heterocycles. The van der Waals surface area contributed by atoms with Gasteiger partial charge in [0.05, 0.1) is 17.9 Å². The summed E-state index contributed by atoms with van der Waals surface area (Å²) in [6.45, 7) is 5.88. The van der Waals surface area contributed by atoms with Crippen molar-refractivity contribution in [2.24, 2.45) is 0 Å². The Hall–Kier alpha value is -3.45. The maximum Gasteiger partial charge on any atom is 0.264 e. The molecule has 0 aliphatic rings.